The van der Waals surface area contributed by atoms with Crippen LogP contribution in [-0.4, -0.2) is 27.6 Å². The number of carbonyl (C=O) groups is 1. The van der Waals surface area contributed by atoms with Crippen molar-refractivity contribution in [3.63, 3.8) is 0 Å². The van der Waals surface area contributed by atoms with Gasteiger partial charge in [-0.15, -0.1) is 0 Å². The van der Waals surface area contributed by atoms with E-state index in [9.17, 15) is 0 Å². The van der Waals surface area contributed by atoms with Gasteiger partial charge in [0.2, 0.25) is 6.41 Å². The highest BCUT2D eigenvalue weighted by Crippen LogP contribution is 2.10. The van der Waals surface area contributed by atoms with Crippen molar-refractivity contribution < 1.29 is 9.53 Å². The fourth-order valence-electron chi connectivity index (χ4n) is 0.948. The van der Waals surface area contributed by atoms with Gasteiger partial charge in [0.15, 0.2) is 0 Å². The first-order valence-corrected chi connectivity index (χ1v) is 5.67. The lowest BCUT2D eigenvalue weighted by Gasteiger charge is -2.01. The molecule has 1 amide bonds. The van der Waals surface area contributed by atoms with Gasteiger partial charge in [-0.3, -0.25) is 4.79 Å². The Kier molecular flexibility index (Phi) is 15.2. The van der Waals surface area contributed by atoms with E-state index in [0.29, 0.717) is 6.41 Å². The topological polar surface area (TPSA) is 50.4 Å². The Morgan fingerprint density at radius 1 is 1.18 bits per heavy atom. The summed E-state index contributed by atoms with van der Waals surface area (Å²) in [7, 11) is 5.17. The summed E-state index contributed by atoms with van der Waals surface area (Å²) in [5.41, 5.74) is 1.27. The zero-order chi connectivity index (χ0) is 13.5. The van der Waals surface area contributed by atoms with Crippen molar-refractivity contribution in [2.45, 2.75) is 20.4 Å². The molecule has 0 aliphatic rings. The van der Waals surface area contributed by atoms with Crippen molar-refractivity contribution in [2.75, 3.05) is 21.2 Å². The Balaban J connectivity index is 0. The summed E-state index contributed by atoms with van der Waals surface area (Å²) in [4.78, 5) is 9.06. The summed E-state index contributed by atoms with van der Waals surface area (Å²) in [5, 5.41) is 5.33. The Bertz CT molecular complexity index is 261. The number of hydrogen-bond acceptors (Lipinski definition) is 3. The monoisotopic (exact) mass is 240 g/mol. The van der Waals surface area contributed by atoms with Crippen LogP contribution in [0.1, 0.15) is 19.4 Å². The molecule has 0 heterocycles. The largest absolute Gasteiger partial charge is 0.497 e. The maximum Gasteiger partial charge on any atom is 0.206 e. The second-order valence-electron chi connectivity index (χ2n) is 2.78. The van der Waals surface area contributed by atoms with E-state index in [-0.39, 0.29) is 0 Å². The molecule has 0 saturated heterocycles. The molecule has 0 radical (unpaired) electrons. The van der Waals surface area contributed by atoms with Crippen LogP contribution >= 0.6 is 0 Å². The standard InChI is InChI=1S/C9H13NO.C2H5NO.C2H6/c1-10-7-8-3-5-9(11-2)6-4-8;1-3-2-4;1-2/h3-6,10H,7H2,1-2H3;2H,1H3,(H,3,4);1-2H3. The quantitative estimate of drug-likeness (QED) is 0.789. The molecular weight excluding hydrogens is 216 g/mol. The van der Waals surface area contributed by atoms with Crippen molar-refractivity contribution in [1.82, 2.24) is 10.6 Å². The zero-order valence-electron chi connectivity index (χ0n) is 11.4. The maximum atomic E-state index is 9.06. The number of carbonyl (C=O) groups excluding carboxylic acids is 1. The minimum absolute atomic E-state index is 0.625. The van der Waals surface area contributed by atoms with Crippen LogP contribution in [0.5, 0.6) is 5.75 Å². The van der Waals surface area contributed by atoms with E-state index in [4.69, 9.17) is 9.53 Å². The number of hydrogen-bond donors (Lipinski definition) is 2. The molecule has 0 atom stereocenters. The molecule has 0 spiro atoms. The van der Waals surface area contributed by atoms with Gasteiger partial charge in [-0.25, -0.2) is 0 Å². The fourth-order valence-corrected chi connectivity index (χ4v) is 0.948. The maximum absolute atomic E-state index is 9.06. The second kappa shape index (κ2) is 14.5. The molecule has 0 saturated carbocycles. The predicted molar refractivity (Wildman–Crippen MR) is 72.2 cm³/mol. The van der Waals surface area contributed by atoms with Crippen LogP contribution in [0.15, 0.2) is 24.3 Å². The van der Waals surface area contributed by atoms with Crippen LogP contribution in [0, 0.1) is 0 Å². The smallest absolute Gasteiger partial charge is 0.206 e. The number of rotatable bonds is 4. The summed E-state index contributed by atoms with van der Waals surface area (Å²) in [6.07, 6.45) is 0.625. The Morgan fingerprint density at radius 2 is 1.65 bits per heavy atom. The van der Waals surface area contributed by atoms with Crippen LogP contribution in [0.3, 0.4) is 0 Å². The minimum Gasteiger partial charge on any atom is -0.497 e. The molecule has 0 aromatic heterocycles. The molecular formula is C13H24N2O2. The number of methoxy groups -OCH3 is 1. The summed E-state index contributed by atoms with van der Waals surface area (Å²) in [6, 6.07) is 8.03. The highest BCUT2D eigenvalue weighted by molar-refractivity contribution is 5.44. The summed E-state index contributed by atoms with van der Waals surface area (Å²) >= 11 is 0. The predicted octanol–water partition coefficient (Wildman–Crippen LogP) is 1.80. The molecule has 0 bridgehead atoms. The Hall–Kier alpha value is -1.55. The lowest BCUT2D eigenvalue weighted by atomic mass is 10.2. The molecule has 4 nitrogen and oxygen atoms in total. The summed E-state index contributed by atoms with van der Waals surface area (Å²) in [5.74, 6) is 0.907. The minimum atomic E-state index is 0.625. The highest BCUT2D eigenvalue weighted by atomic mass is 16.5. The molecule has 0 aliphatic heterocycles. The third-order valence-electron chi connectivity index (χ3n) is 1.66. The molecule has 1 aromatic rings. The lowest BCUT2D eigenvalue weighted by Crippen LogP contribution is -2.04. The molecule has 4 heteroatoms. The van der Waals surface area contributed by atoms with E-state index in [1.807, 2.05) is 33.0 Å². The average molecular weight is 240 g/mol. The third kappa shape index (κ3) is 10.7. The van der Waals surface area contributed by atoms with Gasteiger partial charge in [0.1, 0.15) is 5.75 Å². The van der Waals surface area contributed by atoms with Crippen LogP contribution < -0.4 is 15.4 Å². The lowest BCUT2D eigenvalue weighted by molar-refractivity contribution is -0.109. The van der Waals surface area contributed by atoms with Crippen molar-refractivity contribution >= 4 is 6.41 Å². The number of benzene rings is 1. The zero-order valence-corrected chi connectivity index (χ0v) is 11.4. The number of amides is 1. The third-order valence-corrected chi connectivity index (χ3v) is 1.66. The van der Waals surface area contributed by atoms with E-state index < -0.39 is 0 Å². The van der Waals surface area contributed by atoms with E-state index in [1.165, 1.54) is 5.56 Å². The summed E-state index contributed by atoms with van der Waals surface area (Å²) < 4.78 is 5.03. The summed E-state index contributed by atoms with van der Waals surface area (Å²) in [6.45, 7) is 4.91. The van der Waals surface area contributed by atoms with Gasteiger partial charge in [-0.05, 0) is 24.7 Å². The normalized spacial score (nSPS) is 7.82. The van der Waals surface area contributed by atoms with E-state index >= 15 is 0 Å². The Labute approximate surface area is 104 Å². The van der Waals surface area contributed by atoms with Crippen molar-refractivity contribution in [3.05, 3.63) is 29.8 Å². The fraction of sp³-hybridized carbons (Fsp3) is 0.462. The van der Waals surface area contributed by atoms with Crippen molar-refractivity contribution in [3.8, 4) is 5.75 Å². The van der Waals surface area contributed by atoms with Gasteiger partial charge < -0.3 is 15.4 Å². The van der Waals surface area contributed by atoms with E-state index in [1.54, 1.807) is 14.2 Å². The SMILES string of the molecule is CC.CNC=O.CNCc1ccc(OC)cc1. The van der Waals surface area contributed by atoms with Gasteiger partial charge in [0.05, 0.1) is 7.11 Å². The molecule has 1 aromatic carbocycles. The molecule has 2 N–H and O–H groups in total. The second-order valence-corrected chi connectivity index (χ2v) is 2.78. The van der Waals surface area contributed by atoms with Crippen molar-refractivity contribution in [2.24, 2.45) is 0 Å². The van der Waals surface area contributed by atoms with Crippen molar-refractivity contribution in [1.29, 1.82) is 0 Å². The van der Waals surface area contributed by atoms with E-state index in [2.05, 4.69) is 22.8 Å². The molecule has 0 unspecified atom stereocenters. The van der Waals surface area contributed by atoms with Crippen LogP contribution in [0.2, 0.25) is 0 Å². The number of ether oxygens (including phenoxy) is 1. The number of nitrogens with one attached hydrogen (secondary N) is 2. The van der Waals surface area contributed by atoms with Gasteiger partial charge >= 0.3 is 0 Å². The van der Waals surface area contributed by atoms with Crippen LogP contribution in [-0.2, 0) is 11.3 Å². The van der Waals surface area contributed by atoms with E-state index in [0.717, 1.165) is 12.3 Å². The Morgan fingerprint density at radius 3 is 1.94 bits per heavy atom. The first-order chi connectivity index (χ1) is 8.28. The first-order valence-electron chi connectivity index (χ1n) is 5.67. The van der Waals surface area contributed by atoms with Gasteiger partial charge in [0.25, 0.3) is 0 Å². The molecule has 98 valence electrons. The average Bonchev–Trinajstić information content (AvgIpc) is 2.42. The molecule has 0 aliphatic carbocycles. The molecule has 0 fully saturated rings. The van der Waals surface area contributed by atoms with Crippen LogP contribution in [0.25, 0.3) is 0 Å². The first kappa shape index (κ1) is 17.8. The van der Waals surface area contributed by atoms with Gasteiger partial charge in [0, 0.05) is 13.6 Å². The molecule has 1 rings (SSSR count). The highest BCUT2D eigenvalue weighted by Gasteiger charge is 1.90. The van der Waals surface area contributed by atoms with Gasteiger partial charge in [-0.2, -0.15) is 0 Å². The molecule has 17 heavy (non-hydrogen) atoms. The van der Waals surface area contributed by atoms with Gasteiger partial charge in [-0.1, -0.05) is 26.0 Å². The van der Waals surface area contributed by atoms with Crippen LogP contribution in [0.4, 0.5) is 0 Å².